The van der Waals surface area contributed by atoms with Gasteiger partial charge >= 0.3 is 0 Å². The van der Waals surface area contributed by atoms with Crippen molar-refractivity contribution in [1.82, 2.24) is 5.32 Å². The van der Waals surface area contributed by atoms with Crippen molar-refractivity contribution in [3.63, 3.8) is 0 Å². The highest BCUT2D eigenvalue weighted by atomic mass is 35.5. The van der Waals surface area contributed by atoms with E-state index in [9.17, 15) is 9.18 Å². The molecule has 0 aromatic heterocycles. The van der Waals surface area contributed by atoms with E-state index in [-0.39, 0.29) is 18.3 Å². The lowest BCUT2D eigenvalue weighted by molar-refractivity contribution is -0.119. The molecule has 2 rings (SSSR count). The summed E-state index contributed by atoms with van der Waals surface area (Å²) in [6.45, 7) is 0.550. The van der Waals surface area contributed by atoms with Crippen molar-refractivity contribution >= 4 is 23.2 Å². The Balaban J connectivity index is 1.72. The van der Waals surface area contributed by atoms with Crippen LogP contribution in [0.15, 0.2) is 48.5 Å². The summed E-state index contributed by atoms with van der Waals surface area (Å²) in [6.07, 6.45) is 0.468. The molecule has 0 saturated carbocycles. The van der Waals surface area contributed by atoms with Crippen molar-refractivity contribution in [1.29, 1.82) is 0 Å². The van der Waals surface area contributed by atoms with Gasteiger partial charge in [-0.3, -0.25) is 4.79 Å². The van der Waals surface area contributed by atoms with Gasteiger partial charge in [0.2, 0.25) is 5.91 Å². The van der Waals surface area contributed by atoms with Crippen LogP contribution in [0.2, 0.25) is 5.02 Å². The molecule has 5 heteroatoms. The molecule has 2 aromatic rings. The van der Waals surface area contributed by atoms with E-state index in [2.05, 4.69) is 10.6 Å². The van der Waals surface area contributed by atoms with Crippen LogP contribution in [0.4, 0.5) is 10.1 Å². The van der Waals surface area contributed by atoms with Gasteiger partial charge in [-0.05, 0) is 36.2 Å². The quantitative estimate of drug-likeness (QED) is 0.860. The summed E-state index contributed by atoms with van der Waals surface area (Å²) in [7, 11) is 0. The number of rotatable bonds is 6. The second-order valence-electron chi connectivity index (χ2n) is 4.56. The largest absolute Gasteiger partial charge is 0.376 e. The maximum absolute atomic E-state index is 13.4. The average molecular weight is 307 g/mol. The van der Waals surface area contributed by atoms with Gasteiger partial charge in [0.1, 0.15) is 5.82 Å². The van der Waals surface area contributed by atoms with Crippen LogP contribution in [0, 0.1) is 5.82 Å². The summed E-state index contributed by atoms with van der Waals surface area (Å²) in [5, 5.41) is 6.33. The number of amides is 1. The van der Waals surface area contributed by atoms with Gasteiger partial charge in [0, 0.05) is 17.3 Å². The van der Waals surface area contributed by atoms with Crippen LogP contribution in [0.3, 0.4) is 0 Å². The van der Waals surface area contributed by atoms with Crippen LogP contribution in [-0.2, 0) is 11.2 Å². The summed E-state index contributed by atoms with van der Waals surface area (Å²) in [5.74, 6) is -0.393. The minimum atomic E-state index is -0.246. The SMILES string of the molecule is O=C(CNc1cccc(Cl)c1)NCCc1ccccc1F. The molecule has 0 bridgehead atoms. The Labute approximate surface area is 128 Å². The third-order valence-corrected chi connectivity index (χ3v) is 3.19. The van der Waals surface area contributed by atoms with Crippen LogP contribution in [0.5, 0.6) is 0 Å². The Morgan fingerprint density at radius 3 is 2.71 bits per heavy atom. The fourth-order valence-electron chi connectivity index (χ4n) is 1.88. The molecule has 0 aliphatic rings. The Hall–Kier alpha value is -2.07. The van der Waals surface area contributed by atoms with E-state index >= 15 is 0 Å². The molecule has 0 aliphatic heterocycles. The van der Waals surface area contributed by atoms with Gasteiger partial charge in [-0.15, -0.1) is 0 Å². The first-order valence-electron chi connectivity index (χ1n) is 6.65. The highest BCUT2D eigenvalue weighted by molar-refractivity contribution is 6.30. The van der Waals surface area contributed by atoms with E-state index in [0.717, 1.165) is 5.69 Å². The molecule has 2 N–H and O–H groups in total. The number of hydrogen-bond acceptors (Lipinski definition) is 2. The maximum atomic E-state index is 13.4. The molecule has 3 nitrogen and oxygen atoms in total. The van der Waals surface area contributed by atoms with Crippen LogP contribution in [-0.4, -0.2) is 19.0 Å². The number of anilines is 1. The molecule has 1 amide bonds. The predicted octanol–water partition coefficient (Wildman–Crippen LogP) is 3.25. The molecule has 0 aliphatic carbocycles. The zero-order valence-electron chi connectivity index (χ0n) is 11.4. The first kappa shape index (κ1) is 15.3. The van der Waals surface area contributed by atoms with Crippen molar-refractivity contribution < 1.29 is 9.18 Å². The molecule has 2 aromatic carbocycles. The standard InChI is InChI=1S/C16H16ClFN2O/c17-13-5-3-6-14(10-13)20-11-16(21)19-9-8-12-4-1-2-7-15(12)18/h1-7,10,20H,8-9,11H2,(H,19,21). The number of nitrogens with one attached hydrogen (secondary N) is 2. The van der Waals surface area contributed by atoms with Gasteiger partial charge in [-0.25, -0.2) is 4.39 Å². The topological polar surface area (TPSA) is 41.1 Å². The summed E-state index contributed by atoms with van der Waals surface area (Å²) in [6, 6.07) is 13.7. The lowest BCUT2D eigenvalue weighted by Gasteiger charge is -2.08. The number of halogens is 2. The van der Waals surface area contributed by atoms with Gasteiger partial charge in [0.05, 0.1) is 6.54 Å². The minimum absolute atomic E-state index is 0.147. The molecular weight excluding hydrogens is 291 g/mol. The third kappa shape index (κ3) is 5.08. The zero-order chi connectivity index (χ0) is 15.1. The fourth-order valence-corrected chi connectivity index (χ4v) is 2.07. The Kier molecular flexibility index (Phi) is 5.58. The number of benzene rings is 2. The van der Waals surface area contributed by atoms with Gasteiger partial charge < -0.3 is 10.6 Å². The van der Waals surface area contributed by atoms with E-state index in [4.69, 9.17) is 11.6 Å². The van der Waals surface area contributed by atoms with E-state index in [0.29, 0.717) is 23.6 Å². The second-order valence-corrected chi connectivity index (χ2v) is 4.99. The lowest BCUT2D eigenvalue weighted by Crippen LogP contribution is -2.31. The smallest absolute Gasteiger partial charge is 0.239 e. The molecule has 110 valence electrons. The highest BCUT2D eigenvalue weighted by Gasteiger charge is 2.03. The van der Waals surface area contributed by atoms with E-state index in [1.807, 2.05) is 6.07 Å². The number of carbonyl (C=O) groups excluding carboxylic acids is 1. The van der Waals surface area contributed by atoms with Crippen molar-refractivity contribution in [3.05, 3.63) is 64.9 Å². The number of hydrogen-bond donors (Lipinski definition) is 2. The molecule has 0 heterocycles. The summed E-state index contributed by atoms with van der Waals surface area (Å²) in [4.78, 5) is 11.7. The second kappa shape index (κ2) is 7.64. The maximum Gasteiger partial charge on any atom is 0.239 e. The molecule has 0 saturated heterocycles. The normalized spacial score (nSPS) is 10.2. The van der Waals surface area contributed by atoms with Gasteiger partial charge in [0.15, 0.2) is 0 Å². The lowest BCUT2D eigenvalue weighted by atomic mass is 10.1. The minimum Gasteiger partial charge on any atom is -0.376 e. The molecule has 0 atom stereocenters. The first-order chi connectivity index (χ1) is 10.1. The predicted molar refractivity (Wildman–Crippen MR) is 83.1 cm³/mol. The molecular formula is C16H16ClFN2O. The Morgan fingerprint density at radius 2 is 1.95 bits per heavy atom. The fraction of sp³-hybridized carbons (Fsp3) is 0.188. The van der Waals surface area contributed by atoms with Gasteiger partial charge in [0.25, 0.3) is 0 Å². The van der Waals surface area contributed by atoms with Crippen molar-refractivity contribution in [2.45, 2.75) is 6.42 Å². The van der Waals surface area contributed by atoms with Crippen molar-refractivity contribution in [2.75, 3.05) is 18.4 Å². The van der Waals surface area contributed by atoms with Crippen LogP contribution >= 0.6 is 11.6 Å². The zero-order valence-corrected chi connectivity index (χ0v) is 12.2. The highest BCUT2D eigenvalue weighted by Crippen LogP contribution is 2.14. The monoisotopic (exact) mass is 306 g/mol. The van der Waals surface area contributed by atoms with Crippen LogP contribution < -0.4 is 10.6 Å². The summed E-state index contributed by atoms with van der Waals surface area (Å²) in [5.41, 5.74) is 1.38. The molecule has 0 unspecified atom stereocenters. The third-order valence-electron chi connectivity index (χ3n) is 2.95. The molecule has 0 fully saturated rings. The molecule has 0 spiro atoms. The summed E-state index contributed by atoms with van der Waals surface area (Å²) < 4.78 is 13.4. The van der Waals surface area contributed by atoms with Crippen LogP contribution in [0.25, 0.3) is 0 Å². The van der Waals surface area contributed by atoms with E-state index < -0.39 is 0 Å². The van der Waals surface area contributed by atoms with Gasteiger partial charge in [-0.2, -0.15) is 0 Å². The first-order valence-corrected chi connectivity index (χ1v) is 7.02. The van der Waals surface area contributed by atoms with Gasteiger partial charge in [-0.1, -0.05) is 35.9 Å². The van der Waals surface area contributed by atoms with Crippen molar-refractivity contribution in [3.8, 4) is 0 Å². The number of carbonyl (C=O) groups is 1. The van der Waals surface area contributed by atoms with E-state index in [1.54, 1.807) is 36.4 Å². The van der Waals surface area contributed by atoms with E-state index in [1.165, 1.54) is 6.07 Å². The molecule has 21 heavy (non-hydrogen) atoms. The molecule has 0 radical (unpaired) electrons. The summed E-state index contributed by atoms with van der Waals surface area (Å²) >= 11 is 5.85. The van der Waals surface area contributed by atoms with Crippen LogP contribution in [0.1, 0.15) is 5.56 Å². The Bertz CT molecular complexity index is 619. The Morgan fingerprint density at radius 1 is 1.14 bits per heavy atom. The average Bonchev–Trinajstić information content (AvgIpc) is 2.47. The van der Waals surface area contributed by atoms with Crippen molar-refractivity contribution in [2.24, 2.45) is 0 Å².